The van der Waals surface area contributed by atoms with Crippen molar-refractivity contribution in [1.82, 2.24) is 0 Å². The molecule has 0 fully saturated rings. The Morgan fingerprint density at radius 2 is 1.52 bits per heavy atom. The molecule has 1 aromatic rings. The second-order valence-electron chi connectivity index (χ2n) is 7.11. The molecule has 1 rings (SSSR count). The quantitative estimate of drug-likeness (QED) is 0.669. The molecule has 0 aliphatic carbocycles. The lowest BCUT2D eigenvalue weighted by Gasteiger charge is -2.19. The molecule has 0 N–H and O–H groups in total. The molecule has 1 aromatic carbocycles. The predicted molar refractivity (Wildman–Crippen MR) is 90.3 cm³/mol. The molecule has 3 heteroatoms. The highest BCUT2D eigenvalue weighted by Gasteiger charge is 2.17. The fourth-order valence-corrected chi connectivity index (χ4v) is 3.60. The van der Waals surface area contributed by atoms with Crippen molar-refractivity contribution in [2.75, 3.05) is 5.75 Å². The summed E-state index contributed by atoms with van der Waals surface area (Å²) in [4.78, 5) is 0.453. The molecule has 0 aliphatic heterocycles. The molecule has 1 radical (unpaired) electrons. The third-order valence-corrected chi connectivity index (χ3v) is 5.49. The summed E-state index contributed by atoms with van der Waals surface area (Å²) in [6, 6.07) is 7.37. The lowest BCUT2D eigenvalue weighted by Crippen LogP contribution is -2.12. The van der Waals surface area contributed by atoms with Crippen LogP contribution in [0, 0.1) is 5.92 Å². The van der Waals surface area contributed by atoms with Crippen LogP contribution >= 0.6 is 0 Å². The van der Waals surface area contributed by atoms with Crippen molar-refractivity contribution >= 4 is 9.84 Å². The van der Waals surface area contributed by atoms with Crippen molar-refractivity contribution in [2.24, 2.45) is 0 Å². The van der Waals surface area contributed by atoms with Gasteiger partial charge in [0.2, 0.25) is 0 Å². The molecule has 0 saturated carbocycles. The van der Waals surface area contributed by atoms with Crippen LogP contribution in [0.1, 0.15) is 65.9 Å². The average Bonchev–Trinajstić information content (AvgIpc) is 2.37. The Morgan fingerprint density at radius 1 is 0.952 bits per heavy atom. The van der Waals surface area contributed by atoms with Crippen LogP contribution in [0.4, 0.5) is 0 Å². The lowest BCUT2D eigenvalue weighted by atomic mass is 9.87. The van der Waals surface area contributed by atoms with Gasteiger partial charge in [0.05, 0.1) is 10.6 Å². The molecular formula is C18H29O2S. The van der Waals surface area contributed by atoms with Gasteiger partial charge in [-0.25, -0.2) is 8.42 Å². The third kappa shape index (κ3) is 6.21. The van der Waals surface area contributed by atoms with E-state index in [1.807, 2.05) is 12.1 Å². The summed E-state index contributed by atoms with van der Waals surface area (Å²) >= 11 is 0. The number of rotatable bonds is 7. The minimum absolute atomic E-state index is 0.0524. The van der Waals surface area contributed by atoms with E-state index in [2.05, 4.69) is 34.6 Å². The first-order valence-corrected chi connectivity index (χ1v) is 9.40. The number of sulfone groups is 1. The topological polar surface area (TPSA) is 34.1 Å². The highest BCUT2D eigenvalue weighted by molar-refractivity contribution is 7.91. The molecule has 0 spiro atoms. The zero-order chi connectivity index (χ0) is 16.1. The van der Waals surface area contributed by atoms with Crippen molar-refractivity contribution in [3.8, 4) is 0 Å². The summed E-state index contributed by atoms with van der Waals surface area (Å²) in [5.41, 5.74) is 1.21. The standard InChI is InChI=1S/C18H29O2S/c1-15(2)9-7-6-8-14-21(19,20)17-12-10-16(11-13-17)18(3,4)5/h10-13H,6-9,14H2,1-5H3. The Balaban J connectivity index is 2.58. The number of unbranched alkanes of at least 4 members (excludes halogenated alkanes) is 2. The summed E-state index contributed by atoms with van der Waals surface area (Å²) in [5, 5.41) is 0. The van der Waals surface area contributed by atoms with E-state index in [1.54, 1.807) is 12.1 Å². The van der Waals surface area contributed by atoms with Gasteiger partial charge in [-0.05, 0) is 41.9 Å². The zero-order valence-electron chi connectivity index (χ0n) is 14.1. The van der Waals surface area contributed by atoms with Crippen LogP contribution in [0.2, 0.25) is 0 Å². The van der Waals surface area contributed by atoms with Crippen LogP contribution in [0.3, 0.4) is 0 Å². The largest absolute Gasteiger partial charge is 0.224 e. The number of hydrogen-bond acceptors (Lipinski definition) is 2. The van der Waals surface area contributed by atoms with E-state index in [0.717, 1.165) is 31.2 Å². The van der Waals surface area contributed by atoms with E-state index in [-0.39, 0.29) is 11.2 Å². The Morgan fingerprint density at radius 3 is 2.00 bits per heavy atom. The van der Waals surface area contributed by atoms with Crippen molar-refractivity contribution in [1.29, 1.82) is 0 Å². The average molecular weight is 309 g/mol. The van der Waals surface area contributed by atoms with E-state index in [1.165, 1.54) is 5.92 Å². The molecule has 0 atom stereocenters. The first-order valence-electron chi connectivity index (χ1n) is 7.75. The normalized spacial score (nSPS) is 12.9. The van der Waals surface area contributed by atoms with Gasteiger partial charge < -0.3 is 0 Å². The first kappa shape index (κ1) is 18.2. The minimum Gasteiger partial charge on any atom is -0.224 e. The van der Waals surface area contributed by atoms with Gasteiger partial charge in [-0.15, -0.1) is 0 Å². The van der Waals surface area contributed by atoms with E-state index < -0.39 is 9.84 Å². The first-order chi connectivity index (χ1) is 9.63. The summed E-state index contributed by atoms with van der Waals surface area (Å²) in [6.45, 7) is 10.6. The lowest BCUT2D eigenvalue weighted by molar-refractivity contribution is 0.583. The molecule has 119 valence electrons. The van der Waals surface area contributed by atoms with Crippen LogP contribution in [-0.4, -0.2) is 14.2 Å². The predicted octanol–water partition coefficient (Wildman–Crippen LogP) is 4.93. The number of hydrogen-bond donors (Lipinski definition) is 0. The van der Waals surface area contributed by atoms with Crippen LogP contribution in [0.25, 0.3) is 0 Å². The highest BCUT2D eigenvalue weighted by Crippen LogP contribution is 2.24. The zero-order valence-corrected chi connectivity index (χ0v) is 14.9. The van der Waals surface area contributed by atoms with Crippen molar-refractivity contribution in [2.45, 2.75) is 70.6 Å². The Kier molecular flexibility index (Phi) is 6.45. The monoisotopic (exact) mass is 309 g/mol. The van der Waals surface area contributed by atoms with E-state index in [0.29, 0.717) is 4.90 Å². The number of benzene rings is 1. The molecule has 0 saturated heterocycles. The van der Waals surface area contributed by atoms with Crippen LogP contribution in [0.5, 0.6) is 0 Å². The highest BCUT2D eigenvalue weighted by atomic mass is 32.2. The van der Waals surface area contributed by atoms with Crippen LogP contribution < -0.4 is 0 Å². The molecular weight excluding hydrogens is 280 g/mol. The minimum atomic E-state index is -3.13. The Hall–Kier alpha value is -0.830. The van der Waals surface area contributed by atoms with Crippen molar-refractivity contribution < 1.29 is 8.42 Å². The smallest absolute Gasteiger partial charge is 0.178 e. The Bertz CT molecular complexity index is 519. The molecule has 0 aromatic heterocycles. The second kappa shape index (κ2) is 7.44. The summed E-state index contributed by atoms with van der Waals surface area (Å²) in [5.74, 6) is 1.67. The molecule has 0 aliphatic rings. The molecule has 0 bridgehead atoms. The fraction of sp³-hybridized carbons (Fsp3) is 0.611. The second-order valence-corrected chi connectivity index (χ2v) is 9.22. The van der Waals surface area contributed by atoms with Gasteiger partial charge in [0.1, 0.15) is 0 Å². The van der Waals surface area contributed by atoms with Gasteiger partial charge in [0.25, 0.3) is 0 Å². The molecule has 2 nitrogen and oxygen atoms in total. The van der Waals surface area contributed by atoms with Crippen LogP contribution in [0.15, 0.2) is 29.2 Å². The van der Waals surface area contributed by atoms with Gasteiger partial charge in [0, 0.05) is 0 Å². The third-order valence-electron chi connectivity index (χ3n) is 3.67. The molecule has 21 heavy (non-hydrogen) atoms. The summed E-state index contributed by atoms with van der Waals surface area (Å²) in [6.07, 6.45) is 3.91. The Labute approximate surface area is 130 Å². The van der Waals surface area contributed by atoms with E-state index in [9.17, 15) is 8.42 Å². The van der Waals surface area contributed by atoms with E-state index in [4.69, 9.17) is 0 Å². The maximum atomic E-state index is 12.3. The van der Waals surface area contributed by atoms with Gasteiger partial charge in [-0.2, -0.15) is 0 Å². The van der Waals surface area contributed by atoms with Crippen molar-refractivity contribution in [3.63, 3.8) is 0 Å². The van der Waals surface area contributed by atoms with Gasteiger partial charge in [0.15, 0.2) is 9.84 Å². The maximum absolute atomic E-state index is 12.3. The van der Waals surface area contributed by atoms with Crippen molar-refractivity contribution in [3.05, 3.63) is 35.7 Å². The van der Waals surface area contributed by atoms with Gasteiger partial charge in [-0.1, -0.05) is 59.6 Å². The molecule has 0 amide bonds. The SMILES string of the molecule is C[C](C)CCCCCS(=O)(=O)c1ccc(C(C)(C)C)cc1. The van der Waals surface area contributed by atoms with Gasteiger partial charge in [-0.3, -0.25) is 0 Å². The maximum Gasteiger partial charge on any atom is 0.178 e. The molecule has 0 unspecified atom stereocenters. The summed E-state index contributed by atoms with van der Waals surface area (Å²) < 4.78 is 24.6. The fourth-order valence-electron chi connectivity index (χ4n) is 2.23. The molecule has 0 heterocycles. The van der Waals surface area contributed by atoms with Gasteiger partial charge >= 0.3 is 0 Å². The van der Waals surface area contributed by atoms with E-state index >= 15 is 0 Å². The van der Waals surface area contributed by atoms with Crippen LogP contribution in [-0.2, 0) is 15.3 Å². The summed E-state index contributed by atoms with van der Waals surface area (Å²) in [7, 11) is -3.13.